The van der Waals surface area contributed by atoms with Crippen molar-refractivity contribution in [2.24, 2.45) is 0 Å². The van der Waals surface area contributed by atoms with Gasteiger partial charge in [-0.1, -0.05) is 0 Å². The molecule has 0 aromatic rings. The molecular formula is C10H26O2Si2. The van der Waals surface area contributed by atoms with Gasteiger partial charge in [-0.25, -0.2) is 0 Å². The zero-order chi connectivity index (χ0) is 11.6. The molecule has 2 unspecified atom stereocenters. The van der Waals surface area contributed by atoms with Gasteiger partial charge in [-0.05, 0) is 53.1 Å². The van der Waals surface area contributed by atoms with Crippen LogP contribution in [-0.4, -0.2) is 28.8 Å². The minimum atomic E-state index is -1.42. The maximum absolute atomic E-state index is 5.98. The van der Waals surface area contributed by atoms with E-state index in [4.69, 9.17) is 8.85 Å². The first-order chi connectivity index (χ1) is 6.01. The fraction of sp³-hybridized carbons (Fsp3) is 1.00. The predicted octanol–water partition coefficient (Wildman–Crippen LogP) is 3.47. The lowest BCUT2D eigenvalue weighted by Gasteiger charge is -2.32. The van der Waals surface area contributed by atoms with Crippen LogP contribution in [0.3, 0.4) is 0 Å². The average Bonchev–Trinajstić information content (AvgIpc) is 1.78. The summed E-state index contributed by atoms with van der Waals surface area (Å²) in [5.74, 6) is 0. The van der Waals surface area contributed by atoms with Crippen molar-refractivity contribution in [1.82, 2.24) is 0 Å². The van der Waals surface area contributed by atoms with Crippen molar-refractivity contribution in [1.29, 1.82) is 0 Å². The van der Waals surface area contributed by atoms with Gasteiger partial charge in [-0.2, -0.15) is 0 Å². The molecule has 0 saturated carbocycles. The molecule has 0 aliphatic heterocycles. The molecule has 14 heavy (non-hydrogen) atoms. The van der Waals surface area contributed by atoms with E-state index in [1.807, 2.05) is 0 Å². The summed E-state index contributed by atoms with van der Waals surface area (Å²) >= 11 is 0. The Kier molecular flexibility index (Phi) is 5.04. The van der Waals surface area contributed by atoms with Gasteiger partial charge in [0.2, 0.25) is 0 Å². The van der Waals surface area contributed by atoms with Gasteiger partial charge in [-0.15, -0.1) is 0 Å². The molecule has 0 aliphatic carbocycles. The fourth-order valence-corrected chi connectivity index (χ4v) is 3.92. The van der Waals surface area contributed by atoms with Crippen LogP contribution < -0.4 is 0 Å². The lowest BCUT2D eigenvalue weighted by molar-refractivity contribution is 0.0679. The van der Waals surface area contributed by atoms with Crippen molar-refractivity contribution in [3.63, 3.8) is 0 Å². The Bertz CT molecular complexity index is 150. The smallest absolute Gasteiger partial charge is 0.184 e. The van der Waals surface area contributed by atoms with Crippen LogP contribution in [0.2, 0.25) is 39.3 Å². The van der Waals surface area contributed by atoms with Gasteiger partial charge >= 0.3 is 0 Å². The molecule has 0 bridgehead atoms. The number of rotatable bonds is 5. The predicted molar refractivity (Wildman–Crippen MR) is 67.8 cm³/mol. The van der Waals surface area contributed by atoms with E-state index in [2.05, 4.69) is 53.1 Å². The van der Waals surface area contributed by atoms with Crippen LogP contribution in [0.25, 0.3) is 0 Å². The highest BCUT2D eigenvalue weighted by molar-refractivity contribution is 6.70. The molecule has 2 atom stereocenters. The van der Waals surface area contributed by atoms with Gasteiger partial charge in [0.05, 0.1) is 12.2 Å². The highest BCUT2D eigenvalue weighted by atomic mass is 28.4. The molecule has 0 amide bonds. The normalized spacial score (nSPS) is 18.0. The quantitative estimate of drug-likeness (QED) is 0.678. The standard InChI is InChI=1S/C10H26O2Si2/c1-9(11-13(3,4)5)10(2)12-14(6,7)8/h9-10H,1-8H3. The summed E-state index contributed by atoms with van der Waals surface area (Å²) in [6.45, 7) is 17.5. The third kappa shape index (κ3) is 7.73. The van der Waals surface area contributed by atoms with E-state index in [-0.39, 0.29) is 12.2 Å². The summed E-state index contributed by atoms with van der Waals surface area (Å²) in [7, 11) is -2.85. The van der Waals surface area contributed by atoms with E-state index in [1.165, 1.54) is 0 Å². The Balaban J connectivity index is 4.07. The van der Waals surface area contributed by atoms with Gasteiger partial charge in [0.25, 0.3) is 0 Å². The van der Waals surface area contributed by atoms with Crippen molar-refractivity contribution in [3.05, 3.63) is 0 Å². The van der Waals surface area contributed by atoms with Crippen molar-refractivity contribution in [2.75, 3.05) is 0 Å². The molecule has 0 radical (unpaired) electrons. The van der Waals surface area contributed by atoms with E-state index in [0.29, 0.717) is 0 Å². The van der Waals surface area contributed by atoms with E-state index in [1.54, 1.807) is 0 Å². The van der Waals surface area contributed by atoms with Crippen LogP contribution in [0, 0.1) is 0 Å². The highest BCUT2D eigenvalue weighted by Crippen LogP contribution is 2.15. The van der Waals surface area contributed by atoms with Crippen LogP contribution in [0.4, 0.5) is 0 Å². The summed E-state index contributed by atoms with van der Waals surface area (Å²) in [6, 6.07) is 0. The van der Waals surface area contributed by atoms with Crippen LogP contribution >= 0.6 is 0 Å². The molecule has 0 spiro atoms. The molecule has 0 aromatic heterocycles. The molecule has 0 heterocycles. The summed E-state index contributed by atoms with van der Waals surface area (Å²) in [6.07, 6.45) is 0.432. The Morgan fingerprint density at radius 2 is 0.857 bits per heavy atom. The maximum Gasteiger partial charge on any atom is 0.184 e. The van der Waals surface area contributed by atoms with Crippen LogP contribution in [0.15, 0.2) is 0 Å². The molecule has 4 heteroatoms. The van der Waals surface area contributed by atoms with Gasteiger partial charge in [0.15, 0.2) is 16.6 Å². The second-order valence-corrected chi connectivity index (χ2v) is 14.8. The maximum atomic E-state index is 5.98. The first-order valence-corrected chi connectivity index (χ1v) is 12.2. The topological polar surface area (TPSA) is 18.5 Å². The van der Waals surface area contributed by atoms with Gasteiger partial charge in [-0.3, -0.25) is 0 Å². The summed E-state index contributed by atoms with van der Waals surface area (Å²) in [4.78, 5) is 0. The van der Waals surface area contributed by atoms with E-state index < -0.39 is 16.6 Å². The Labute approximate surface area is 91.3 Å². The molecule has 0 aromatic carbocycles. The van der Waals surface area contributed by atoms with Gasteiger partial charge in [0.1, 0.15) is 0 Å². The third-order valence-electron chi connectivity index (χ3n) is 1.74. The summed E-state index contributed by atoms with van der Waals surface area (Å²) < 4.78 is 12.0. The van der Waals surface area contributed by atoms with Crippen LogP contribution in [0.5, 0.6) is 0 Å². The molecule has 0 fully saturated rings. The second kappa shape index (κ2) is 4.92. The molecule has 0 saturated heterocycles. The first kappa shape index (κ1) is 14.4. The minimum absolute atomic E-state index is 0.216. The lowest BCUT2D eigenvalue weighted by Crippen LogP contribution is -2.41. The van der Waals surface area contributed by atoms with E-state index >= 15 is 0 Å². The van der Waals surface area contributed by atoms with Gasteiger partial charge in [0, 0.05) is 0 Å². The molecule has 0 N–H and O–H groups in total. The second-order valence-electron chi connectivity index (χ2n) is 5.87. The molecule has 0 aliphatic rings. The number of hydrogen-bond donors (Lipinski definition) is 0. The Hall–Kier alpha value is 0.354. The van der Waals surface area contributed by atoms with Crippen molar-refractivity contribution in [3.8, 4) is 0 Å². The summed E-state index contributed by atoms with van der Waals surface area (Å²) in [5.41, 5.74) is 0. The zero-order valence-electron chi connectivity index (χ0n) is 11.0. The monoisotopic (exact) mass is 234 g/mol. The van der Waals surface area contributed by atoms with E-state index in [0.717, 1.165) is 0 Å². The van der Waals surface area contributed by atoms with Crippen molar-refractivity contribution in [2.45, 2.75) is 65.3 Å². The molecule has 86 valence electrons. The lowest BCUT2D eigenvalue weighted by atomic mass is 10.3. The Morgan fingerprint density at radius 1 is 0.643 bits per heavy atom. The zero-order valence-corrected chi connectivity index (χ0v) is 13.0. The fourth-order valence-electron chi connectivity index (χ4n) is 1.31. The van der Waals surface area contributed by atoms with Crippen molar-refractivity contribution >= 4 is 16.6 Å². The molecule has 0 rings (SSSR count). The Morgan fingerprint density at radius 3 is 1.00 bits per heavy atom. The number of hydrogen-bond acceptors (Lipinski definition) is 2. The molecule has 2 nitrogen and oxygen atoms in total. The average molecular weight is 234 g/mol. The third-order valence-corrected chi connectivity index (χ3v) is 3.90. The minimum Gasteiger partial charge on any atom is -0.412 e. The van der Waals surface area contributed by atoms with E-state index in [9.17, 15) is 0 Å². The van der Waals surface area contributed by atoms with Crippen LogP contribution in [0.1, 0.15) is 13.8 Å². The first-order valence-electron chi connectivity index (χ1n) is 5.37. The summed E-state index contributed by atoms with van der Waals surface area (Å²) in [5, 5.41) is 0. The largest absolute Gasteiger partial charge is 0.412 e. The van der Waals surface area contributed by atoms with Gasteiger partial charge < -0.3 is 8.85 Å². The highest BCUT2D eigenvalue weighted by Gasteiger charge is 2.26. The SMILES string of the molecule is CC(O[Si](C)(C)C)C(C)O[Si](C)(C)C. The van der Waals surface area contributed by atoms with Crippen molar-refractivity contribution < 1.29 is 8.85 Å². The van der Waals surface area contributed by atoms with Crippen LogP contribution in [-0.2, 0) is 8.85 Å². The molecular weight excluding hydrogens is 208 g/mol.